The maximum absolute atomic E-state index is 11.9. The molecular weight excluding hydrogens is 388 g/mol. The second-order valence-electron chi connectivity index (χ2n) is 8.22. The minimum Gasteiger partial charge on any atom is -0.491 e. The van der Waals surface area contributed by atoms with E-state index >= 15 is 0 Å². The molecule has 2 aliphatic heterocycles. The van der Waals surface area contributed by atoms with Gasteiger partial charge in [-0.15, -0.1) is 0 Å². The minimum atomic E-state index is -2.18. The van der Waals surface area contributed by atoms with Gasteiger partial charge in [0.25, 0.3) is 6.02 Å². The largest absolute Gasteiger partial charge is 0.491 e. The fourth-order valence-corrected chi connectivity index (χ4v) is 3.78. The lowest BCUT2D eigenvalue weighted by Crippen LogP contribution is -2.59. The van der Waals surface area contributed by atoms with Crippen molar-refractivity contribution in [3.05, 3.63) is 36.4 Å². The Morgan fingerprint density at radius 1 is 1.37 bits per heavy atom. The van der Waals surface area contributed by atoms with E-state index in [4.69, 9.17) is 15.2 Å². The number of hydrogen-bond donors (Lipinski definition) is 5. The molecule has 0 amide bonds. The molecule has 0 saturated heterocycles. The lowest BCUT2D eigenvalue weighted by Gasteiger charge is -2.34. The first-order valence-corrected chi connectivity index (χ1v) is 10.5. The van der Waals surface area contributed by atoms with Crippen LogP contribution in [0.4, 0.5) is 0 Å². The van der Waals surface area contributed by atoms with E-state index in [1.54, 1.807) is 18.5 Å². The van der Waals surface area contributed by atoms with Crippen LogP contribution < -0.4 is 16.4 Å². The van der Waals surface area contributed by atoms with Crippen molar-refractivity contribution in [1.82, 2.24) is 10.6 Å². The van der Waals surface area contributed by atoms with E-state index in [2.05, 4.69) is 22.5 Å². The number of nitrogens with two attached hydrogens (primary N) is 1. The second kappa shape index (κ2) is 9.99. The van der Waals surface area contributed by atoms with Crippen LogP contribution in [0.1, 0.15) is 39.0 Å². The van der Waals surface area contributed by atoms with E-state index < -0.39 is 23.7 Å². The molecule has 3 rings (SSSR count). The summed E-state index contributed by atoms with van der Waals surface area (Å²) in [5, 5.41) is 26.4. The van der Waals surface area contributed by atoms with Gasteiger partial charge in [-0.25, -0.2) is 9.79 Å². The van der Waals surface area contributed by atoms with Crippen LogP contribution in [-0.4, -0.2) is 59.1 Å². The van der Waals surface area contributed by atoms with Crippen LogP contribution in [0.3, 0.4) is 0 Å². The molecule has 6 N–H and O–H groups in total. The van der Waals surface area contributed by atoms with Gasteiger partial charge in [-0.1, -0.05) is 6.92 Å². The molecule has 0 aromatic heterocycles. The number of amidine groups is 1. The molecule has 1 fully saturated rings. The molecule has 0 aromatic carbocycles. The van der Waals surface area contributed by atoms with E-state index in [0.717, 1.165) is 31.6 Å². The van der Waals surface area contributed by atoms with Crippen molar-refractivity contribution in [3.8, 4) is 0 Å². The van der Waals surface area contributed by atoms with Crippen molar-refractivity contribution in [2.75, 3.05) is 13.2 Å². The topological polar surface area (TPSA) is 138 Å². The Hall–Kier alpha value is -2.52. The van der Waals surface area contributed by atoms with E-state index in [0.29, 0.717) is 12.3 Å². The summed E-state index contributed by atoms with van der Waals surface area (Å²) in [6.07, 6.45) is 13.2. The van der Waals surface area contributed by atoms with Crippen molar-refractivity contribution >= 4 is 12.0 Å². The molecule has 3 aliphatic rings. The number of hydrogen-bond acceptors (Lipinski definition) is 8. The summed E-state index contributed by atoms with van der Waals surface area (Å²) >= 11 is 0. The van der Waals surface area contributed by atoms with Crippen LogP contribution in [-0.2, 0) is 14.3 Å². The molecule has 2 heterocycles. The number of dihydropyridines is 1. The Morgan fingerprint density at radius 2 is 2.13 bits per heavy atom. The lowest BCUT2D eigenvalue weighted by atomic mass is 9.87. The number of carbonyl (C=O) groups is 1. The summed E-state index contributed by atoms with van der Waals surface area (Å²) in [7, 11) is 0. The SMILES string of the molecule is CC1CCC(OC2=CC(C[C@](O)(C(=O)O)[C@@H](N)COC3=NCC=CN3)NC=C2)CC1. The number of rotatable bonds is 8. The van der Waals surface area contributed by atoms with Gasteiger partial charge in [-0.05, 0) is 49.8 Å². The van der Waals surface area contributed by atoms with Crippen LogP contribution in [0.25, 0.3) is 0 Å². The highest BCUT2D eigenvalue weighted by atomic mass is 16.5. The first-order valence-electron chi connectivity index (χ1n) is 10.5. The number of nitrogens with zero attached hydrogens (tertiary/aromatic N) is 1. The molecule has 166 valence electrons. The smallest absolute Gasteiger partial charge is 0.337 e. The first kappa shape index (κ1) is 22.2. The van der Waals surface area contributed by atoms with Gasteiger partial charge in [-0.3, -0.25) is 0 Å². The van der Waals surface area contributed by atoms with Crippen molar-refractivity contribution in [2.24, 2.45) is 16.6 Å². The average molecular weight is 421 g/mol. The lowest BCUT2D eigenvalue weighted by molar-refractivity contribution is -0.163. The Bertz CT molecular complexity index is 727. The van der Waals surface area contributed by atoms with Crippen molar-refractivity contribution in [2.45, 2.75) is 62.8 Å². The Kier molecular flexibility index (Phi) is 7.38. The number of nitrogens with one attached hydrogen (secondary N) is 2. The Morgan fingerprint density at radius 3 is 2.80 bits per heavy atom. The maximum atomic E-state index is 11.9. The van der Waals surface area contributed by atoms with Gasteiger partial charge in [0.2, 0.25) is 0 Å². The number of allylic oxidation sites excluding steroid dienone is 1. The predicted octanol–water partition coefficient (Wildman–Crippen LogP) is 0.974. The van der Waals surface area contributed by atoms with Crippen LogP contribution in [0.15, 0.2) is 41.4 Å². The molecule has 0 spiro atoms. The molecule has 0 bridgehead atoms. The van der Waals surface area contributed by atoms with E-state index in [1.165, 1.54) is 0 Å². The van der Waals surface area contributed by atoms with Crippen molar-refractivity contribution in [1.29, 1.82) is 0 Å². The van der Waals surface area contributed by atoms with Crippen LogP contribution in [0.2, 0.25) is 0 Å². The number of carboxylic acids is 1. The van der Waals surface area contributed by atoms with E-state index in [9.17, 15) is 15.0 Å². The zero-order chi connectivity index (χ0) is 21.6. The van der Waals surface area contributed by atoms with Gasteiger partial charge >= 0.3 is 5.97 Å². The highest BCUT2D eigenvalue weighted by molar-refractivity contribution is 5.79. The van der Waals surface area contributed by atoms with Gasteiger partial charge in [0, 0.05) is 18.8 Å². The summed E-state index contributed by atoms with van der Waals surface area (Å²) in [6, 6.07) is -1.35. The van der Waals surface area contributed by atoms with Crippen LogP contribution in [0, 0.1) is 5.92 Å². The fourth-order valence-electron chi connectivity index (χ4n) is 3.78. The third kappa shape index (κ3) is 5.76. The molecule has 9 heteroatoms. The zero-order valence-electron chi connectivity index (χ0n) is 17.3. The fraction of sp³-hybridized carbons (Fsp3) is 0.619. The quantitative estimate of drug-likeness (QED) is 0.392. The molecule has 9 nitrogen and oxygen atoms in total. The van der Waals surface area contributed by atoms with Gasteiger partial charge < -0.3 is 36.1 Å². The molecule has 1 saturated carbocycles. The summed E-state index contributed by atoms with van der Waals surface area (Å²) < 4.78 is 11.5. The molecular formula is C21H32N4O5. The van der Waals surface area contributed by atoms with E-state index in [-0.39, 0.29) is 25.2 Å². The number of aliphatic carboxylic acids is 1. The van der Waals surface area contributed by atoms with E-state index in [1.807, 2.05) is 12.2 Å². The molecule has 30 heavy (non-hydrogen) atoms. The van der Waals surface area contributed by atoms with Gasteiger partial charge in [0.15, 0.2) is 5.60 Å². The Labute approximate surface area is 176 Å². The normalized spacial score (nSPS) is 28.8. The number of aliphatic hydroxyl groups is 1. The standard InChI is InChI=1S/C21H32N4O5/c1-14-3-5-16(6-4-14)30-17-7-10-23-15(11-17)12-21(28,19(26)27)18(22)13-29-20-24-8-2-9-25-20/h2,7-8,10-11,14-16,18,23,28H,3-6,9,12-13,22H2,1H3,(H,24,25)(H,26,27)/t14?,15?,16?,18-,21+/m0/s1. The summed E-state index contributed by atoms with van der Waals surface area (Å²) in [5.74, 6) is 0.0177. The van der Waals surface area contributed by atoms with Gasteiger partial charge in [0.05, 0.1) is 24.7 Å². The minimum absolute atomic E-state index is 0.133. The molecule has 0 radical (unpaired) electrons. The summed E-state index contributed by atoms with van der Waals surface area (Å²) in [6.45, 7) is 2.52. The second-order valence-corrected chi connectivity index (χ2v) is 8.22. The number of aliphatic imine (C=N–C) groups is 1. The molecule has 0 aromatic rings. The zero-order valence-corrected chi connectivity index (χ0v) is 17.3. The van der Waals surface area contributed by atoms with Crippen LogP contribution in [0.5, 0.6) is 0 Å². The Balaban J connectivity index is 1.58. The van der Waals surface area contributed by atoms with Crippen molar-refractivity contribution < 1.29 is 24.5 Å². The molecule has 1 unspecified atom stereocenters. The predicted molar refractivity (Wildman–Crippen MR) is 112 cm³/mol. The third-order valence-corrected chi connectivity index (χ3v) is 5.77. The van der Waals surface area contributed by atoms with Gasteiger partial charge in [0.1, 0.15) is 12.4 Å². The average Bonchev–Trinajstić information content (AvgIpc) is 2.74. The van der Waals surface area contributed by atoms with Crippen molar-refractivity contribution in [3.63, 3.8) is 0 Å². The first-order chi connectivity index (χ1) is 14.4. The number of carboxylic acid groups (broad SMARTS) is 1. The van der Waals surface area contributed by atoms with Crippen LogP contribution >= 0.6 is 0 Å². The highest BCUT2D eigenvalue weighted by Crippen LogP contribution is 2.28. The highest BCUT2D eigenvalue weighted by Gasteiger charge is 2.44. The molecule has 3 atom stereocenters. The summed E-state index contributed by atoms with van der Waals surface area (Å²) in [5.41, 5.74) is 3.85. The maximum Gasteiger partial charge on any atom is 0.337 e. The third-order valence-electron chi connectivity index (χ3n) is 5.77. The monoisotopic (exact) mass is 420 g/mol. The number of ether oxygens (including phenoxy) is 2. The van der Waals surface area contributed by atoms with Gasteiger partial charge in [-0.2, -0.15) is 0 Å². The summed E-state index contributed by atoms with van der Waals surface area (Å²) in [4.78, 5) is 16.0. The molecule has 1 aliphatic carbocycles.